The molecule has 84 valence electrons. The molecule has 3 heteroatoms. The first-order valence-corrected chi connectivity index (χ1v) is 6.28. The van der Waals surface area contributed by atoms with E-state index in [2.05, 4.69) is 48.3 Å². The monoisotopic (exact) mass is 240 g/mol. The van der Waals surface area contributed by atoms with Crippen LogP contribution >= 0.6 is 11.3 Å². The smallest absolute Gasteiger partial charge is 0.180 e. The van der Waals surface area contributed by atoms with E-state index in [1.54, 1.807) is 0 Å². The van der Waals surface area contributed by atoms with Crippen molar-refractivity contribution < 1.29 is 0 Å². The number of aromatic nitrogens is 1. The van der Waals surface area contributed by atoms with Gasteiger partial charge < -0.3 is 5.73 Å². The molecule has 2 aromatic carbocycles. The standard InChI is InChI=1S/C14H12N2S/c1-9-13(16-14(15)17-9)12-8-4-6-10-5-2-3-7-11(10)12/h2-8H,1H3,(H2,15,16). The third-order valence-electron chi connectivity index (χ3n) is 2.86. The number of benzene rings is 2. The number of hydrogen-bond acceptors (Lipinski definition) is 3. The molecule has 0 spiro atoms. The SMILES string of the molecule is Cc1sc(N)nc1-c1cccc2ccccc12. The highest BCUT2D eigenvalue weighted by Crippen LogP contribution is 2.33. The van der Waals surface area contributed by atoms with Crippen molar-refractivity contribution in [3.8, 4) is 11.3 Å². The van der Waals surface area contributed by atoms with Crippen molar-refractivity contribution in [3.63, 3.8) is 0 Å². The summed E-state index contributed by atoms with van der Waals surface area (Å²) >= 11 is 1.54. The molecular weight excluding hydrogens is 228 g/mol. The van der Waals surface area contributed by atoms with Crippen molar-refractivity contribution in [3.05, 3.63) is 47.3 Å². The van der Waals surface area contributed by atoms with Crippen molar-refractivity contribution in [2.75, 3.05) is 5.73 Å². The van der Waals surface area contributed by atoms with E-state index >= 15 is 0 Å². The Morgan fingerprint density at radius 2 is 1.82 bits per heavy atom. The van der Waals surface area contributed by atoms with Crippen molar-refractivity contribution >= 4 is 27.2 Å². The number of anilines is 1. The van der Waals surface area contributed by atoms with Crippen LogP contribution in [0.4, 0.5) is 5.13 Å². The van der Waals surface area contributed by atoms with E-state index < -0.39 is 0 Å². The lowest BCUT2D eigenvalue weighted by Gasteiger charge is -2.04. The van der Waals surface area contributed by atoms with Crippen LogP contribution in [0.5, 0.6) is 0 Å². The predicted molar refractivity (Wildman–Crippen MR) is 74.2 cm³/mol. The van der Waals surface area contributed by atoms with Crippen LogP contribution in [0, 0.1) is 6.92 Å². The van der Waals surface area contributed by atoms with E-state index in [-0.39, 0.29) is 0 Å². The fourth-order valence-corrected chi connectivity index (χ4v) is 2.80. The zero-order valence-corrected chi connectivity index (χ0v) is 10.3. The summed E-state index contributed by atoms with van der Waals surface area (Å²) in [7, 11) is 0. The molecule has 2 N–H and O–H groups in total. The van der Waals surface area contributed by atoms with Gasteiger partial charge in [0.05, 0.1) is 5.69 Å². The van der Waals surface area contributed by atoms with Crippen LogP contribution in [0.25, 0.3) is 22.0 Å². The summed E-state index contributed by atoms with van der Waals surface area (Å²) in [6.45, 7) is 2.06. The summed E-state index contributed by atoms with van der Waals surface area (Å²) in [5.41, 5.74) is 7.93. The van der Waals surface area contributed by atoms with Crippen LogP contribution in [0.1, 0.15) is 4.88 Å². The van der Waals surface area contributed by atoms with E-state index in [1.807, 2.05) is 6.07 Å². The van der Waals surface area contributed by atoms with Crippen LogP contribution in [-0.2, 0) is 0 Å². The highest BCUT2D eigenvalue weighted by Gasteiger charge is 2.10. The van der Waals surface area contributed by atoms with Gasteiger partial charge in [0.1, 0.15) is 0 Å². The molecule has 0 bridgehead atoms. The fourth-order valence-electron chi connectivity index (χ4n) is 2.10. The number of hydrogen-bond donors (Lipinski definition) is 1. The zero-order valence-electron chi connectivity index (χ0n) is 9.47. The third-order valence-corrected chi connectivity index (χ3v) is 3.66. The summed E-state index contributed by atoms with van der Waals surface area (Å²) in [5.74, 6) is 0. The molecule has 1 heterocycles. The van der Waals surface area contributed by atoms with Gasteiger partial charge in [0.15, 0.2) is 5.13 Å². The number of nitrogen functional groups attached to an aromatic ring is 1. The second-order valence-corrected chi connectivity index (χ2v) is 5.22. The number of thiazole rings is 1. The quantitative estimate of drug-likeness (QED) is 0.701. The van der Waals surface area contributed by atoms with Gasteiger partial charge in [0.2, 0.25) is 0 Å². The molecule has 0 aliphatic heterocycles. The molecule has 0 amide bonds. The minimum atomic E-state index is 0.630. The van der Waals surface area contributed by atoms with Gasteiger partial charge in [-0.3, -0.25) is 0 Å². The van der Waals surface area contributed by atoms with E-state index in [0.717, 1.165) is 11.3 Å². The van der Waals surface area contributed by atoms with Gasteiger partial charge in [-0.05, 0) is 17.7 Å². The maximum atomic E-state index is 5.77. The molecule has 3 aromatic rings. The normalized spacial score (nSPS) is 10.9. The third kappa shape index (κ3) is 1.68. The Bertz CT molecular complexity index is 680. The first-order chi connectivity index (χ1) is 8.25. The van der Waals surface area contributed by atoms with Crippen LogP contribution in [0.3, 0.4) is 0 Å². The van der Waals surface area contributed by atoms with Gasteiger partial charge in [-0.15, -0.1) is 11.3 Å². The molecular formula is C14H12N2S. The Kier molecular flexibility index (Phi) is 2.34. The molecule has 0 unspecified atom stereocenters. The molecule has 0 aliphatic rings. The van der Waals surface area contributed by atoms with Gasteiger partial charge in [-0.25, -0.2) is 4.98 Å². The molecule has 2 nitrogen and oxygen atoms in total. The first kappa shape index (κ1) is 10.3. The average molecular weight is 240 g/mol. The summed E-state index contributed by atoms with van der Waals surface area (Å²) in [6.07, 6.45) is 0. The Balaban J connectivity index is 2.34. The van der Waals surface area contributed by atoms with Gasteiger partial charge in [-0.1, -0.05) is 42.5 Å². The number of nitrogens with zero attached hydrogens (tertiary/aromatic N) is 1. The Hall–Kier alpha value is -1.87. The summed E-state index contributed by atoms with van der Waals surface area (Å²) in [4.78, 5) is 5.59. The van der Waals surface area contributed by atoms with E-state index in [9.17, 15) is 0 Å². The predicted octanol–water partition coefficient (Wildman–Crippen LogP) is 3.85. The van der Waals surface area contributed by atoms with Crippen LogP contribution in [-0.4, -0.2) is 4.98 Å². The minimum absolute atomic E-state index is 0.630. The lowest BCUT2D eigenvalue weighted by molar-refractivity contribution is 1.39. The fraction of sp³-hybridized carbons (Fsp3) is 0.0714. The Morgan fingerprint density at radius 3 is 2.59 bits per heavy atom. The summed E-state index contributed by atoms with van der Waals surface area (Å²) in [5, 5.41) is 3.09. The maximum absolute atomic E-state index is 5.77. The molecule has 0 saturated carbocycles. The molecule has 0 saturated heterocycles. The van der Waals surface area contributed by atoms with Crippen LogP contribution in [0.2, 0.25) is 0 Å². The topological polar surface area (TPSA) is 38.9 Å². The number of fused-ring (bicyclic) bond motifs is 1. The van der Waals surface area contributed by atoms with Crippen LogP contribution < -0.4 is 5.73 Å². The Morgan fingerprint density at radius 1 is 1.06 bits per heavy atom. The molecule has 0 radical (unpaired) electrons. The van der Waals surface area contributed by atoms with Gasteiger partial charge in [0, 0.05) is 10.4 Å². The van der Waals surface area contributed by atoms with Gasteiger partial charge >= 0.3 is 0 Å². The second kappa shape index (κ2) is 3.86. The minimum Gasteiger partial charge on any atom is -0.375 e. The lowest BCUT2D eigenvalue weighted by Crippen LogP contribution is -1.85. The molecule has 1 aromatic heterocycles. The highest BCUT2D eigenvalue weighted by molar-refractivity contribution is 7.15. The van der Waals surface area contributed by atoms with Gasteiger partial charge in [-0.2, -0.15) is 0 Å². The average Bonchev–Trinajstić information content (AvgIpc) is 2.68. The maximum Gasteiger partial charge on any atom is 0.180 e. The van der Waals surface area contributed by atoms with E-state index in [1.165, 1.54) is 27.0 Å². The number of aryl methyl sites for hydroxylation is 1. The second-order valence-electron chi connectivity index (χ2n) is 3.98. The lowest BCUT2D eigenvalue weighted by atomic mass is 10.0. The van der Waals surface area contributed by atoms with Crippen molar-refractivity contribution in [2.45, 2.75) is 6.92 Å². The van der Waals surface area contributed by atoms with E-state index in [0.29, 0.717) is 5.13 Å². The van der Waals surface area contributed by atoms with Crippen LogP contribution in [0.15, 0.2) is 42.5 Å². The molecule has 3 rings (SSSR count). The van der Waals surface area contributed by atoms with Crippen molar-refractivity contribution in [1.29, 1.82) is 0 Å². The number of nitrogens with two attached hydrogens (primary N) is 1. The first-order valence-electron chi connectivity index (χ1n) is 5.47. The Labute approximate surface area is 104 Å². The highest BCUT2D eigenvalue weighted by atomic mass is 32.1. The van der Waals surface area contributed by atoms with Gasteiger partial charge in [0.25, 0.3) is 0 Å². The molecule has 17 heavy (non-hydrogen) atoms. The molecule has 0 aliphatic carbocycles. The largest absolute Gasteiger partial charge is 0.375 e. The molecule has 0 fully saturated rings. The zero-order chi connectivity index (χ0) is 11.8. The number of rotatable bonds is 1. The van der Waals surface area contributed by atoms with E-state index in [4.69, 9.17) is 5.73 Å². The van der Waals surface area contributed by atoms with Crippen molar-refractivity contribution in [1.82, 2.24) is 4.98 Å². The van der Waals surface area contributed by atoms with Crippen molar-refractivity contribution in [2.24, 2.45) is 0 Å². The molecule has 0 atom stereocenters. The summed E-state index contributed by atoms with van der Waals surface area (Å²) < 4.78 is 0. The summed E-state index contributed by atoms with van der Waals surface area (Å²) in [6, 6.07) is 14.6.